The molecule has 0 saturated carbocycles. The standard InChI is InChI=1S/C11H5ClF3NO2/c12-10-16-8(5-17)9(18-10)6-1-3-7(4-2-6)11(13,14)15/h1-5H. The van der Waals surface area contributed by atoms with E-state index in [0.717, 1.165) is 12.1 Å². The lowest BCUT2D eigenvalue weighted by Crippen LogP contribution is -2.04. The number of aromatic nitrogens is 1. The number of carbonyl (C=O) groups excluding carboxylic acids is 1. The predicted molar refractivity (Wildman–Crippen MR) is 57.3 cm³/mol. The van der Waals surface area contributed by atoms with E-state index in [1.54, 1.807) is 0 Å². The summed E-state index contributed by atoms with van der Waals surface area (Å²) in [5.74, 6) is 0.0451. The lowest BCUT2D eigenvalue weighted by atomic mass is 10.1. The summed E-state index contributed by atoms with van der Waals surface area (Å²) in [5.41, 5.74) is -0.547. The van der Waals surface area contributed by atoms with Crippen molar-refractivity contribution in [3.8, 4) is 11.3 Å². The molecule has 0 aliphatic carbocycles. The molecule has 1 aromatic heterocycles. The van der Waals surface area contributed by atoms with Crippen LogP contribution < -0.4 is 0 Å². The highest BCUT2D eigenvalue weighted by molar-refractivity contribution is 6.28. The summed E-state index contributed by atoms with van der Waals surface area (Å²) >= 11 is 5.48. The first-order valence-electron chi connectivity index (χ1n) is 4.71. The Bertz CT molecular complexity index is 575. The van der Waals surface area contributed by atoms with Crippen LogP contribution in [0.15, 0.2) is 28.7 Å². The molecule has 0 atom stereocenters. The fourth-order valence-corrected chi connectivity index (χ4v) is 1.57. The van der Waals surface area contributed by atoms with Crippen LogP contribution >= 0.6 is 11.6 Å². The molecule has 0 radical (unpaired) electrons. The molecule has 3 nitrogen and oxygen atoms in total. The Hall–Kier alpha value is -1.82. The summed E-state index contributed by atoms with van der Waals surface area (Å²) in [6.07, 6.45) is -3.99. The van der Waals surface area contributed by atoms with Gasteiger partial charge < -0.3 is 4.42 Å². The quantitative estimate of drug-likeness (QED) is 0.782. The number of hydrogen-bond donors (Lipinski definition) is 0. The fourth-order valence-electron chi connectivity index (χ4n) is 1.40. The van der Waals surface area contributed by atoms with Crippen LogP contribution in [0.3, 0.4) is 0 Å². The molecule has 2 aromatic rings. The van der Waals surface area contributed by atoms with Crippen molar-refractivity contribution in [2.24, 2.45) is 0 Å². The van der Waals surface area contributed by atoms with Crippen molar-refractivity contribution in [3.05, 3.63) is 40.9 Å². The van der Waals surface area contributed by atoms with E-state index < -0.39 is 11.7 Å². The zero-order valence-electron chi connectivity index (χ0n) is 8.66. The van der Waals surface area contributed by atoms with Gasteiger partial charge in [-0.25, -0.2) is 0 Å². The highest BCUT2D eigenvalue weighted by atomic mass is 35.5. The number of alkyl halides is 3. The van der Waals surface area contributed by atoms with E-state index in [1.165, 1.54) is 12.1 Å². The van der Waals surface area contributed by atoms with Gasteiger partial charge in [0.2, 0.25) is 0 Å². The molecular formula is C11H5ClF3NO2. The lowest BCUT2D eigenvalue weighted by Gasteiger charge is -2.06. The highest BCUT2D eigenvalue weighted by Crippen LogP contribution is 2.32. The number of carbonyl (C=O) groups is 1. The minimum Gasteiger partial charge on any atom is -0.427 e. The summed E-state index contributed by atoms with van der Waals surface area (Å²) in [6.45, 7) is 0. The van der Waals surface area contributed by atoms with E-state index in [9.17, 15) is 18.0 Å². The van der Waals surface area contributed by atoms with Crippen LogP contribution in [0.5, 0.6) is 0 Å². The molecule has 0 fully saturated rings. The van der Waals surface area contributed by atoms with Gasteiger partial charge in [0.15, 0.2) is 17.7 Å². The van der Waals surface area contributed by atoms with E-state index in [4.69, 9.17) is 16.0 Å². The van der Waals surface area contributed by atoms with E-state index >= 15 is 0 Å². The van der Waals surface area contributed by atoms with Crippen molar-refractivity contribution in [2.75, 3.05) is 0 Å². The largest absolute Gasteiger partial charge is 0.427 e. The molecular weight excluding hydrogens is 271 g/mol. The van der Waals surface area contributed by atoms with Crippen molar-refractivity contribution in [2.45, 2.75) is 6.18 Å². The topological polar surface area (TPSA) is 43.1 Å². The Balaban J connectivity index is 2.43. The Morgan fingerprint density at radius 2 is 1.83 bits per heavy atom. The summed E-state index contributed by atoms with van der Waals surface area (Å²) in [5, 5.41) is -0.244. The second-order valence-corrected chi connectivity index (χ2v) is 3.70. The lowest BCUT2D eigenvalue weighted by molar-refractivity contribution is -0.137. The van der Waals surface area contributed by atoms with E-state index in [2.05, 4.69) is 4.98 Å². The van der Waals surface area contributed by atoms with Crippen LogP contribution in [-0.2, 0) is 6.18 Å². The van der Waals surface area contributed by atoms with Crippen molar-refractivity contribution in [1.82, 2.24) is 4.98 Å². The minimum absolute atomic E-state index is 0.0451. The van der Waals surface area contributed by atoms with Crippen LogP contribution in [0.1, 0.15) is 16.1 Å². The molecule has 0 aliphatic rings. The zero-order valence-corrected chi connectivity index (χ0v) is 9.42. The number of oxazole rings is 1. The highest BCUT2D eigenvalue weighted by Gasteiger charge is 2.30. The molecule has 94 valence electrons. The Morgan fingerprint density at radius 3 is 2.33 bits per heavy atom. The maximum atomic E-state index is 12.4. The van der Waals surface area contributed by atoms with E-state index in [1.807, 2.05) is 0 Å². The monoisotopic (exact) mass is 275 g/mol. The number of benzene rings is 1. The molecule has 0 spiro atoms. The van der Waals surface area contributed by atoms with Crippen molar-refractivity contribution < 1.29 is 22.4 Å². The molecule has 0 aliphatic heterocycles. The van der Waals surface area contributed by atoms with Gasteiger partial charge in [-0.2, -0.15) is 18.2 Å². The predicted octanol–water partition coefficient (Wildman–Crippen LogP) is 3.83. The van der Waals surface area contributed by atoms with E-state index in [-0.39, 0.29) is 16.8 Å². The van der Waals surface area contributed by atoms with Gasteiger partial charge in [-0.3, -0.25) is 4.79 Å². The molecule has 1 aromatic carbocycles. The summed E-state index contributed by atoms with van der Waals surface area (Å²) < 4.78 is 42.0. The number of aldehydes is 1. The SMILES string of the molecule is O=Cc1nc(Cl)oc1-c1ccc(C(F)(F)F)cc1. The first kappa shape index (κ1) is 12.6. The van der Waals surface area contributed by atoms with Gasteiger partial charge >= 0.3 is 6.18 Å². The van der Waals surface area contributed by atoms with Gasteiger partial charge in [0.05, 0.1) is 5.56 Å². The zero-order chi connectivity index (χ0) is 13.3. The molecule has 0 saturated heterocycles. The number of rotatable bonds is 2. The molecule has 1 heterocycles. The number of nitrogens with zero attached hydrogens (tertiary/aromatic N) is 1. The average Bonchev–Trinajstić information content (AvgIpc) is 2.69. The van der Waals surface area contributed by atoms with Crippen molar-refractivity contribution in [1.29, 1.82) is 0 Å². The molecule has 0 N–H and O–H groups in total. The minimum atomic E-state index is -4.41. The fraction of sp³-hybridized carbons (Fsp3) is 0.0909. The third kappa shape index (κ3) is 2.38. The number of hydrogen-bond acceptors (Lipinski definition) is 3. The molecule has 7 heteroatoms. The smallest absolute Gasteiger partial charge is 0.416 e. The molecule has 0 bridgehead atoms. The van der Waals surface area contributed by atoms with Crippen LogP contribution in [0.4, 0.5) is 13.2 Å². The van der Waals surface area contributed by atoms with Crippen LogP contribution in [0.25, 0.3) is 11.3 Å². The molecule has 0 unspecified atom stereocenters. The number of halogens is 4. The van der Waals surface area contributed by atoms with Gasteiger partial charge in [0.1, 0.15) is 0 Å². The third-order valence-electron chi connectivity index (χ3n) is 2.21. The van der Waals surface area contributed by atoms with Crippen LogP contribution in [-0.4, -0.2) is 11.3 Å². The first-order valence-corrected chi connectivity index (χ1v) is 5.09. The van der Waals surface area contributed by atoms with Gasteiger partial charge in [0.25, 0.3) is 5.35 Å². The maximum Gasteiger partial charge on any atom is 0.416 e. The van der Waals surface area contributed by atoms with Gasteiger partial charge in [-0.1, -0.05) is 12.1 Å². The van der Waals surface area contributed by atoms with Crippen molar-refractivity contribution in [3.63, 3.8) is 0 Å². The van der Waals surface area contributed by atoms with Gasteiger partial charge in [-0.05, 0) is 23.7 Å². The molecule has 18 heavy (non-hydrogen) atoms. The summed E-state index contributed by atoms with van der Waals surface area (Å²) in [7, 11) is 0. The second-order valence-electron chi connectivity index (χ2n) is 3.37. The van der Waals surface area contributed by atoms with Crippen LogP contribution in [0, 0.1) is 0 Å². The molecule has 2 rings (SSSR count). The second kappa shape index (κ2) is 4.45. The van der Waals surface area contributed by atoms with Gasteiger partial charge in [-0.15, -0.1) is 0 Å². The Kier molecular flexibility index (Phi) is 3.13. The Morgan fingerprint density at radius 1 is 1.22 bits per heavy atom. The van der Waals surface area contributed by atoms with E-state index in [0.29, 0.717) is 11.8 Å². The van der Waals surface area contributed by atoms with Crippen molar-refractivity contribution >= 4 is 17.9 Å². The summed E-state index contributed by atoms with van der Waals surface area (Å²) in [4.78, 5) is 14.3. The van der Waals surface area contributed by atoms with Crippen LogP contribution in [0.2, 0.25) is 5.35 Å². The summed E-state index contributed by atoms with van der Waals surface area (Å²) in [6, 6.07) is 4.15. The maximum absolute atomic E-state index is 12.4. The van der Waals surface area contributed by atoms with Gasteiger partial charge in [0, 0.05) is 5.56 Å². The third-order valence-corrected chi connectivity index (χ3v) is 2.37. The molecule has 0 amide bonds. The normalized spacial score (nSPS) is 11.6. The Labute approximate surface area is 104 Å². The first-order chi connectivity index (χ1) is 8.41. The average molecular weight is 276 g/mol.